The van der Waals surface area contributed by atoms with E-state index in [0.717, 1.165) is 12.2 Å². The van der Waals surface area contributed by atoms with Gasteiger partial charge < -0.3 is 0 Å². The summed E-state index contributed by atoms with van der Waals surface area (Å²) in [5.74, 6) is 1.40. The van der Waals surface area contributed by atoms with Crippen LogP contribution < -0.4 is 0 Å². The highest BCUT2D eigenvalue weighted by Crippen LogP contribution is 2.46. The topological polar surface area (TPSA) is 61.2 Å². The number of aromatic nitrogens is 2. The van der Waals surface area contributed by atoms with Gasteiger partial charge in [-0.3, -0.25) is 8.86 Å². The predicted molar refractivity (Wildman–Crippen MR) is 59.5 cm³/mol. The summed E-state index contributed by atoms with van der Waals surface area (Å²) in [6, 6.07) is 0. The standard InChI is InChI=1S/C10H16N2O3S/c1-8-5-10(8)9-6-11-12(7-9)3-4-15-16(2,13)14/h6-8,10H,3-5H2,1-2H3. The molecule has 2 rings (SSSR count). The largest absolute Gasteiger partial charge is 0.270 e. The van der Waals surface area contributed by atoms with Crippen LogP contribution in [0.3, 0.4) is 0 Å². The Morgan fingerprint density at radius 3 is 2.88 bits per heavy atom. The van der Waals surface area contributed by atoms with Crippen molar-refractivity contribution < 1.29 is 12.6 Å². The second kappa shape index (κ2) is 4.18. The first-order valence-corrected chi connectivity index (χ1v) is 7.14. The molecule has 1 heterocycles. The van der Waals surface area contributed by atoms with Crippen molar-refractivity contribution in [3.05, 3.63) is 18.0 Å². The lowest BCUT2D eigenvalue weighted by Crippen LogP contribution is -2.10. The zero-order valence-corrected chi connectivity index (χ0v) is 10.3. The van der Waals surface area contributed by atoms with E-state index in [1.165, 1.54) is 12.0 Å². The highest BCUT2D eigenvalue weighted by molar-refractivity contribution is 7.85. The first-order valence-electron chi connectivity index (χ1n) is 5.32. The zero-order chi connectivity index (χ0) is 11.8. The Bertz CT molecular complexity index is 466. The maximum absolute atomic E-state index is 10.7. The molecule has 0 bridgehead atoms. The van der Waals surface area contributed by atoms with E-state index in [1.807, 2.05) is 12.4 Å². The Kier molecular flexibility index (Phi) is 3.03. The van der Waals surface area contributed by atoms with Gasteiger partial charge in [0.2, 0.25) is 0 Å². The lowest BCUT2D eigenvalue weighted by Gasteiger charge is -2.01. The van der Waals surface area contributed by atoms with E-state index >= 15 is 0 Å². The van der Waals surface area contributed by atoms with Crippen molar-refractivity contribution in [3.63, 3.8) is 0 Å². The van der Waals surface area contributed by atoms with Gasteiger partial charge in [0.15, 0.2) is 0 Å². The van der Waals surface area contributed by atoms with E-state index in [9.17, 15) is 8.42 Å². The van der Waals surface area contributed by atoms with E-state index in [0.29, 0.717) is 12.5 Å². The molecular formula is C10H16N2O3S. The summed E-state index contributed by atoms with van der Waals surface area (Å²) in [6.07, 6.45) is 6.10. The van der Waals surface area contributed by atoms with E-state index < -0.39 is 10.1 Å². The van der Waals surface area contributed by atoms with Crippen LogP contribution in [0.25, 0.3) is 0 Å². The summed E-state index contributed by atoms with van der Waals surface area (Å²) in [5, 5.41) is 4.17. The summed E-state index contributed by atoms with van der Waals surface area (Å²) >= 11 is 0. The fraction of sp³-hybridized carbons (Fsp3) is 0.700. The lowest BCUT2D eigenvalue weighted by molar-refractivity contribution is 0.297. The molecule has 1 fully saturated rings. The van der Waals surface area contributed by atoms with Crippen LogP contribution >= 0.6 is 0 Å². The van der Waals surface area contributed by atoms with Crippen LogP contribution in [0.4, 0.5) is 0 Å². The van der Waals surface area contributed by atoms with Crippen molar-refractivity contribution in [3.8, 4) is 0 Å². The van der Waals surface area contributed by atoms with Crippen LogP contribution in [0.15, 0.2) is 12.4 Å². The fourth-order valence-corrected chi connectivity index (χ4v) is 2.14. The molecule has 0 aliphatic heterocycles. The van der Waals surface area contributed by atoms with Crippen LogP contribution in [0, 0.1) is 5.92 Å². The molecule has 0 radical (unpaired) electrons. The second-order valence-electron chi connectivity index (χ2n) is 4.38. The molecule has 0 amide bonds. The molecule has 2 atom stereocenters. The second-order valence-corrected chi connectivity index (χ2v) is 6.03. The maximum Gasteiger partial charge on any atom is 0.264 e. The minimum absolute atomic E-state index is 0.139. The molecule has 0 spiro atoms. The van der Waals surface area contributed by atoms with Gasteiger partial charge in [0.05, 0.1) is 25.6 Å². The summed E-state index contributed by atoms with van der Waals surface area (Å²) in [7, 11) is -3.34. The van der Waals surface area contributed by atoms with Crippen LogP contribution in [0.2, 0.25) is 0 Å². The van der Waals surface area contributed by atoms with Crippen molar-refractivity contribution in [1.82, 2.24) is 9.78 Å². The van der Waals surface area contributed by atoms with E-state index in [1.54, 1.807) is 4.68 Å². The predicted octanol–water partition coefficient (Wildman–Crippen LogP) is 0.983. The smallest absolute Gasteiger partial charge is 0.264 e. The third-order valence-corrected chi connectivity index (χ3v) is 3.40. The Hall–Kier alpha value is -0.880. The van der Waals surface area contributed by atoms with Gasteiger partial charge in [0, 0.05) is 6.20 Å². The molecule has 6 heteroatoms. The molecule has 2 unspecified atom stereocenters. The molecule has 1 aromatic rings. The molecule has 1 aliphatic rings. The zero-order valence-electron chi connectivity index (χ0n) is 9.46. The number of hydrogen-bond donors (Lipinski definition) is 0. The van der Waals surface area contributed by atoms with Crippen molar-refractivity contribution in [2.24, 2.45) is 5.92 Å². The van der Waals surface area contributed by atoms with Crippen molar-refractivity contribution >= 4 is 10.1 Å². The van der Waals surface area contributed by atoms with E-state index in [4.69, 9.17) is 0 Å². The number of nitrogens with zero attached hydrogens (tertiary/aromatic N) is 2. The van der Waals surface area contributed by atoms with E-state index in [2.05, 4.69) is 16.2 Å². The normalized spacial score (nSPS) is 24.6. The third-order valence-electron chi connectivity index (χ3n) is 2.81. The minimum Gasteiger partial charge on any atom is -0.270 e. The molecule has 1 aliphatic carbocycles. The maximum atomic E-state index is 10.7. The molecule has 1 aromatic heterocycles. The van der Waals surface area contributed by atoms with Crippen molar-refractivity contribution in [2.45, 2.75) is 25.8 Å². The molecule has 1 saturated carbocycles. The Morgan fingerprint density at radius 2 is 2.31 bits per heavy atom. The lowest BCUT2D eigenvalue weighted by atomic mass is 10.2. The van der Waals surface area contributed by atoms with Crippen LogP contribution in [0.1, 0.15) is 24.8 Å². The Labute approximate surface area is 95.5 Å². The number of rotatable bonds is 5. The van der Waals surface area contributed by atoms with Gasteiger partial charge in [0.1, 0.15) is 0 Å². The molecule has 0 N–H and O–H groups in total. The summed E-state index contributed by atoms with van der Waals surface area (Å²) in [6.45, 7) is 2.82. The minimum atomic E-state index is -3.34. The molecule has 90 valence electrons. The third kappa shape index (κ3) is 3.05. The molecule has 16 heavy (non-hydrogen) atoms. The molecular weight excluding hydrogens is 228 g/mol. The van der Waals surface area contributed by atoms with Crippen molar-refractivity contribution in [1.29, 1.82) is 0 Å². The highest BCUT2D eigenvalue weighted by atomic mass is 32.2. The number of hydrogen-bond acceptors (Lipinski definition) is 4. The van der Waals surface area contributed by atoms with Crippen LogP contribution in [-0.4, -0.2) is 31.1 Å². The van der Waals surface area contributed by atoms with Gasteiger partial charge in [-0.15, -0.1) is 0 Å². The molecule has 5 nitrogen and oxygen atoms in total. The SMILES string of the molecule is CC1CC1c1cnn(CCOS(C)(=O)=O)c1. The first kappa shape index (κ1) is 11.6. The van der Waals surface area contributed by atoms with Crippen LogP contribution in [-0.2, 0) is 20.8 Å². The van der Waals surface area contributed by atoms with Crippen LogP contribution in [0.5, 0.6) is 0 Å². The Balaban J connectivity index is 1.84. The van der Waals surface area contributed by atoms with Crippen molar-refractivity contribution in [2.75, 3.05) is 12.9 Å². The van der Waals surface area contributed by atoms with Gasteiger partial charge in [-0.25, -0.2) is 0 Å². The average Bonchev–Trinajstić information content (AvgIpc) is 2.72. The Morgan fingerprint density at radius 1 is 1.62 bits per heavy atom. The van der Waals surface area contributed by atoms with E-state index in [-0.39, 0.29) is 6.61 Å². The first-order chi connectivity index (χ1) is 7.46. The average molecular weight is 244 g/mol. The molecule has 0 saturated heterocycles. The summed E-state index contributed by atoms with van der Waals surface area (Å²) in [5.41, 5.74) is 1.24. The monoisotopic (exact) mass is 244 g/mol. The summed E-state index contributed by atoms with van der Waals surface area (Å²) in [4.78, 5) is 0. The molecule has 0 aromatic carbocycles. The van der Waals surface area contributed by atoms with Gasteiger partial charge in [-0.05, 0) is 23.8 Å². The van der Waals surface area contributed by atoms with Gasteiger partial charge in [-0.2, -0.15) is 13.5 Å². The fourth-order valence-electron chi connectivity index (χ4n) is 1.76. The van der Waals surface area contributed by atoms with Gasteiger partial charge in [-0.1, -0.05) is 6.92 Å². The summed E-state index contributed by atoms with van der Waals surface area (Å²) < 4.78 is 27.9. The van der Waals surface area contributed by atoms with Gasteiger partial charge in [0.25, 0.3) is 10.1 Å². The van der Waals surface area contributed by atoms with Gasteiger partial charge >= 0.3 is 0 Å². The quantitative estimate of drug-likeness (QED) is 0.724. The highest BCUT2D eigenvalue weighted by Gasteiger charge is 2.34.